The molecule has 0 aliphatic carbocycles. The van der Waals surface area contributed by atoms with Crippen LogP contribution in [0.1, 0.15) is 18.7 Å². The Balaban J connectivity index is 2.01. The molecule has 0 unspecified atom stereocenters. The van der Waals surface area contributed by atoms with Crippen molar-refractivity contribution in [2.24, 2.45) is 7.05 Å². The molecule has 2 heterocycles. The predicted octanol–water partition coefficient (Wildman–Crippen LogP) is 0.877. The summed E-state index contributed by atoms with van der Waals surface area (Å²) in [7, 11) is 1.84. The fraction of sp³-hybridized carbons (Fsp3) is 0.400. The highest BCUT2D eigenvalue weighted by molar-refractivity contribution is 5.66. The Bertz CT molecular complexity index is 517. The topological polar surface area (TPSA) is 94.0 Å². The van der Waals surface area contributed by atoms with E-state index in [0.29, 0.717) is 24.6 Å². The first-order valence-electron chi connectivity index (χ1n) is 5.18. The molecule has 0 bridgehead atoms. The van der Waals surface area contributed by atoms with E-state index in [1.165, 1.54) is 0 Å². The molecule has 2 aromatic rings. The largest absolute Gasteiger partial charge is 0.481 e. The van der Waals surface area contributed by atoms with E-state index in [-0.39, 0.29) is 6.42 Å². The summed E-state index contributed by atoms with van der Waals surface area (Å²) in [4.78, 5) is 18.5. The van der Waals surface area contributed by atoms with E-state index in [1.54, 1.807) is 17.1 Å². The second kappa shape index (κ2) is 4.77. The van der Waals surface area contributed by atoms with Gasteiger partial charge in [-0.3, -0.25) is 4.79 Å². The van der Waals surface area contributed by atoms with Crippen LogP contribution in [0.4, 0.5) is 0 Å². The predicted molar refractivity (Wildman–Crippen MR) is 57.1 cm³/mol. The highest BCUT2D eigenvalue weighted by atomic mass is 16.5. The molecule has 2 rings (SSSR count). The lowest BCUT2D eigenvalue weighted by atomic mass is 10.2. The molecule has 0 aliphatic heterocycles. The van der Waals surface area contributed by atoms with Crippen LogP contribution in [0.5, 0.6) is 0 Å². The summed E-state index contributed by atoms with van der Waals surface area (Å²) in [5.41, 5.74) is 0.762. The van der Waals surface area contributed by atoms with Crippen molar-refractivity contribution in [1.82, 2.24) is 19.7 Å². The first kappa shape index (κ1) is 11.3. The van der Waals surface area contributed by atoms with Crippen LogP contribution >= 0.6 is 0 Å². The normalized spacial score (nSPS) is 10.6. The van der Waals surface area contributed by atoms with Crippen molar-refractivity contribution in [3.05, 3.63) is 18.4 Å². The molecule has 0 saturated carbocycles. The van der Waals surface area contributed by atoms with Crippen LogP contribution in [-0.2, 0) is 18.3 Å². The number of aryl methyl sites for hydroxylation is 2. The van der Waals surface area contributed by atoms with Gasteiger partial charge in [0.1, 0.15) is 5.69 Å². The highest BCUT2D eigenvalue weighted by Gasteiger charge is 2.11. The molecule has 0 amide bonds. The molecular weight excluding hydrogens is 224 g/mol. The maximum atomic E-state index is 10.3. The molecule has 0 atom stereocenters. The van der Waals surface area contributed by atoms with E-state index in [4.69, 9.17) is 9.63 Å². The standard InChI is InChI=1S/C10H12N4O3/c1-14-6-11-5-7(14)10-12-8(17-13-10)3-2-4-9(15)16/h5-6H,2-4H2,1H3,(H,15,16). The summed E-state index contributed by atoms with van der Waals surface area (Å²) in [6.07, 6.45) is 4.35. The Morgan fingerprint density at radius 2 is 2.41 bits per heavy atom. The van der Waals surface area contributed by atoms with Gasteiger partial charge < -0.3 is 14.2 Å². The van der Waals surface area contributed by atoms with Gasteiger partial charge in [-0.2, -0.15) is 4.98 Å². The summed E-state index contributed by atoms with van der Waals surface area (Å²) < 4.78 is 6.81. The van der Waals surface area contributed by atoms with Gasteiger partial charge in [-0.05, 0) is 6.42 Å². The summed E-state index contributed by atoms with van der Waals surface area (Å²) in [6.45, 7) is 0. The Hall–Kier alpha value is -2.18. The van der Waals surface area contributed by atoms with Gasteiger partial charge in [-0.15, -0.1) is 0 Å². The Morgan fingerprint density at radius 1 is 1.59 bits per heavy atom. The first-order chi connectivity index (χ1) is 8.16. The smallest absolute Gasteiger partial charge is 0.303 e. The minimum Gasteiger partial charge on any atom is -0.481 e. The Kier molecular flexibility index (Phi) is 3.17. The van der Waals surface area contributed by atoms with Crippen LogP contribution in [0.25, 0.3) is 11.5 Å². The zero-order valence-corrected chi connectivity index (χ0v) is 9.33. The zero-order valence-electron chi connectivity index (χ0n) is 9.33. The van der Waals surface area contributed by atoms with Crippen LogP contribution < -0.4 is 0 Å². The monoisotopic (exact) mass is 236 g/mol. The summed E-state index contributed by atoms with van der Waals surface area (Å²) >= 11 is 0. The molecule has 7 heteroatoms. The molecule has 17 heavy (non-hydrogen) atoms. The number of imidazole rings is 1. The number of carboxylic acid groups (broad SMARTS) is 1. The summed E-state index contributed by atoms with van der Waals surface area (Å²) in [5, 5.41) is 12.3. The molecule has 0 spiro atoms. The third-order valence-corrected chi connectivity index (χ3v) is 2.30. The van der Waals surface area contributed by atoms with Gasteiger partial charge in [-0.1, -0.05) is 5.16 Å². The highest BCUT2D eigenvalue weighted by Crippen LogP contribution is 2.14. The van der Waals surface area contributed by atoms with Crippen LogP contribution in [0.2, 0.25) is 0 Å². The number of nitrogens with zero attached hydrogens (tertiary/aromatic N) is 4. The molecule has 1 N–H and O–H groups in total. The number of carboxylic acids is 1. The molecule has 2 aromatic heterocycles. The molecular formula is C10H12N4O3. The molecule has 0 saturated heterocycles. The summed E-state index contributed by atoms with van der Waals surface area (Å²) in [5.74, 6) is 0.0918. The van der Waals surface area contributed by atoms with Gasteiger partial charge in [-0.25, -0.2) is 4.98 Å². The zero-order chi connectivity index (χ0) is 12.3. The Labute approximate surface area is 97.1 Å². The van der Waals surface area contributed by atoms with Crippen molar-refractivity contribution < 1.29 is 14.4 Å². The van der Waals surface area contributed by atoms with Crippen LogP contribution in [0.15, 0.2) is 17.0 Å². The fourth-order valence-corrected chi connectivity index (χ4v) is 1.42. The molecule has 0 radical (unpaired) electrons. The van der Waals surface area contributed by atoms with Crippen molar-refractivity contribution >= 4 is 5.97 Å². The van der Waals surface area contributed by atoms with Crippen molar-refractivity contribution in [2.75, 3.05) is 0 Å². The van der Waals surface area contributed by atoms with Crippen LogP contribution in [0.3, 0.4) is 0 Å². The molecule has 0 aromatic carbocycles. The van der Waals surface area contributed by atoms with Crippen molar-refractivity contribution in [3.63, 3.8) is 0 Å². The number of hydrogen-bond donors (Lipinski definition) is 1. The van der Waals surface area contributed by atoms with Gasteiger partial charge in [0.15, 0.2) is 0 Å². The van der Waals surface area contributed by atoms with E-state index >= 15 is 0 Å². The van der Waals surface area contributed by atoms with E-state index in [9.17, 15) is 4.79 Å². The van der Waals surface area contributed by atoms with E-state index in [1.807, 2.05) is 7.05 Å². The van der Waals surface area contributed by atoms with Crippen molar-refractivity contribution in [3.8, 4) is 11.5 Å². The van der Waals surface area contributed by atoms with Gasteiger partial charge >= 0.3 is 5.97 Å². The lowest BCUT2D eigenvalue weighted by Gasteiger charge is -1.93. The number of hydrogen-bond acceptors (Lipinski definition) is 5. The minimum absolute atomic E-state index is 0.101. The first-order valence-corrected chi connectivity index (χ1v) is 5.18. The maximum absolute atomic E-state index is 10.3. The Morgan fingerprint density at radius 3 is 3.06 bits per heavy atom. The number of rotatable bonds is 5. The number of aliphatic carboxylic acids is 1. The van der Waals surface area contributed by atoms with Gasteiger partial charge in [0, 0.05) is 19.9 Å². The van der Waals surface area contributed by atoms with Gasteiger partial charge in [0.25, 0.3) is 0 Å². The average molecular weight is 236 g/mol. The molecule has 7 nitrogen and oxygen atoms in total. The van der Waals surface area contributed by atoms with E-state index in [0.717, 1.165) is 5.69 Å². The maximum Gasteiger partial charge on any atom is 0.303 e. The van der Waals surface area contributed by atoms with Gasteiger partial charge in [0.05, 0.1) is 12.5 Å². The lowest BCUT2D eigenvalue weighted by molar-refractivity contribution is -0.137. The lowest BCUT2D eigenvalue weighted by Crippen LogP contribution is -1.96. The molecule has 0 aliphatic rings. The van der Waals surface area contributed by atoms with Crippen molar-refractivity contribution in [1.29, 1.82) is 0 Å². The van der Waals surface area contributed by atoms with Crippen LogP contribution in [-0.4, -0.2) is 30.8 Å². The average Bonchev–Trinajstić information content (AvgIpc) is 2.86. The van der Waals surface area contributed by atoms with Crippen molar-refractivity contribution in [2.45, 2.75) is 19.3 Å². The molecule has 90 valence electrons. The third-order valence-electron chi connectivity index (χ3n) is 2.30. The second-order valence-electron chi connectivity index (χ2n) is 3.65. The second-order valence-corrected chi connectivity index (χ2v) is 3.65. The molecule has 0 fully saturated rings. The summed E-state index contributed by atoms with van der Waals surface area (Å²) in [6, 6.07) is 0. The van der Waals surface area contributed by atoms with E-state index in [2.05, 4.69) is 15.1 Å². The minimum atomic E-state index is -0.823. The van der Waals surface area contributed by atoms with Crippen LogP contribution in [0, 0.1) is 0 Å². The quantitative estimate of drug-likeness (QED) is 0.828. The number of aromatic nitrogens is 4. The van der Waals surface area contributed by atoms with E-state index < -0.39 is 5.97 Å². The number of carbonyl (C=O) groups is 1. The van der Waals surface area contributed by atoms with Gasteiger partial charge in [0.2, 0.25) is 11.7 Å². The third kappa shape index (κ3) is 2.68. The fourth-order valence-electron chi connectivity index (χ4n) is 1.42. The SMILES string of the molecule is Cn1cncc1-c1noc(CCCC(=O)O)n1.